The SMILES string of the molecule is CCCCCCCCCCCC1=NCCN1CCOCCC(=O)O.[H-].[Na+]. The third-order valence-electron chi connectivity index (χ3n) is 4.50. The molecule has 25 heavy (non-hydrogen) atoms. The molecule has 1 N–H and O–H groups in total. The summed E-state index contributed by atoms with van der Waals surface area (Å²) in [7, 11) is 0. The number of amidine groups is 1. The monoisotopic (exact) mass is 364 g/mol. The van der Waals surface area contributed by atoms with E-state index < -0.39 is 5.97 Å². The van der Waals surface area contributed by atoms with Crippen LogP contribution in [0.25, 0.3) is 0 Å². The number of carboxylic acids is 1. The molecule has 142 valence electrons. The van der Waals surface area contributed by atoms with Gasteiger partial charge in [0.05, 0.1) is 32.0 Å². The molecule has 0 fully saturated rings. The van der Waals surface area contributed by atoms with Gasteiger partial charge in [0.1, 0.15) is 0 Å². The van der Waals surface area contributed by atoms with E-state index in [1.54, 1.807) is 0 Å². The van der Waals surface area contributed by atoms with Crippen molar-refractivity contribution in [3.63, 3.8) is 0 Å². The molecule has 1 rings (SSSR count). The molecule has 0 aliphatic carbocycles. The van der Waals surface area contributed by atoms with Crippen LogP contribution in [0.2, 0.25) is 0 Å². The van der Waals surface area contributed by atoms with E-state index in [4.69, 9.17) is 9.84 Å². The van der Waals surface area contributed by atoms with Crippen LogP contribution in [0.4, 0.5) is 0 Å². The van der Waals surface area contributed by atoms with Gasteiger partial charge < -0.3 is 16.2 Å². The van der Waals surface area contributed by atoms with Gasteiger partial charge in [0.15, 0.2) is 0 Å². The van der Waals surface area contributed by atoms with Gasteiger partial charge in [-0.05, 0) is 6.42 Å². The Kier molecular flexibility index (Phi) is 17.3. The first-order valence-corrected chi connectivity index (χ1v) is 9.82. The van der Waals surface area contributed by atoms with Gasteiger partial charge >= 0.3 is 35.5 Å². The molecule has 5 nitrogen and oxygen atoms in total. The predicted molar refractivity (Wildman–Crippen MR) is 99.9 cm³/mol. The molecule has 0 atom stereocenters. The topological polar surface area (TPSA) is 62.1 Å². The van der Waals surface area contributed by atoms with Crippen molar-refractivity contribution in [3.05, 3.63) is 0 Å². The van der Waals surface area contributed by atoms with E-state index in [2.05, 4.69) is 16.8 Å². The maximum atomic E-state index is 10.4. The number of unbranched alkanes of at least 4 members (excludes halogenated alkanes) is 8. The molecule has 0 saturated carbocycles. The Labute approximate surface area is 177 Å². The van der Waals surface area contributed by atoms with Crippen LogP contribution in [0.15, 0.2) is 4.99 Å². The number of hydrogen-bond acceptors (Lipinski definition) is 4. The first-order valence-electron chi connectivity index (χ1n) is 9.82. The predicted octanol–water partition coefficient (Wildman–Crippen LogP) is 1.23. The molecular weight excluding hydrogens is 327 g/mol. The Morgan fingerprint density at radius 2 is 1.76 bits per heavy atom. The van der Waals surface area contributed by atoms with Crippen molar-refractivity contribution in [1.29, 1.82) is 0 Å². The smallest absolute Gasteiger partial charge is 1.00 e. The number of hydrogen-bond donors (Lipinski definition) is 1. The van der Waals surface area contributed by atoms with Crippen molar-refractivity contribution in [1.82, 2.24) is 4.90 Å². The van der Waals surface area contributed by atoms with Crippen molar-refractivity contribution in [2.75, 3.05) is 32.8 Å². The molecule has 1 aliphatic rings. The first kappa shape index (κ1) is 24.9. The molecule has 0 radical (unpaired) electrons. The van der Waals surface area contributed by atoms with Gasteiger partial charge in [-0.3, -0.25) is 9.79 Å². The fraction of sp³-hybridized carbons (Fsp3) is 0.895. The Morgan fingerprint density at radius 1 is 1.12 bits per heavy atom. The van der Waals surface area contributed by atoms with Crippen LogP contribution in [0.3, 0.4) is 0 Å². The van der Waals surface area contributed by atoms with E-state index in [-0.39, 0.29) is 37.4 Å². The minimum absolute atomic E-state index is 0. The second kappa shape index (κ2) is 17.3. The van der Waals surface area contributed by atoms with E-state index in [1.165, 1.54) is 63.6 Å². The zero-order valence-electron chi connectivity index (χ0n) is 17.5. The molecule has 0 amide bonds. The molecule has 1 aliphatic heterocycles. The number of aliphatic carboxylic acids is 1. The van der Waals surface area contributed by atoms with Crippen LogP contribution in [-0.2, 0) is 9.53 Å². The summed E-state index contributed by atoms with van der Waals surface area (Å²) in [5, 5.41) is 8.57. The fourth-order valence-electron chi connectivity index (χ4n) is 3.04. The third-order valence-corrected chi connectivity index (χ3v) is 4.50. The van der Waals surface area contributed by atoms with E-state index in [0.29, 0.717) is 13.2 Å². The van der Waals surface area contributed by atoms with Gasteiger partial charge in [-0.1, -0.05) is 58.3 Å². The van der Waals surface area contributed by atoms with Crippen LogP contribution in [0.5, 0.6) is 0 Å². The summed E-state index contributed by atoms with van der Waals surface area (Å²) in [5.41, 5.74) is 0. The maximum absolute atomic E-state index is 10.4. The number of ether oxygens (including phenoxy) is 1. The largest absolute Gasteiger partial charge is 1.00 e. The molecule has 0 aromatic heterocycles. The minimum atomic E-state index is -0.802. The van der Waals surface area contributed by atoms with Crippen LogP contribution in [0.1, 0.15) is 79.0 Å². The van der Waals surface area contributed by atoms with Crippen molar-refractivity contribution in [2.24, 2.45) is 4.99 Å². The summed E-state index contributed by atoms with van der Waals surface area (Å²) < 4.78 is 5.38. The van der Waals surface area contributed by atoms with Crippen LogP contribution >= 0.6 is 0 Å². The van der Waals surface area contributed by atoms with E-state index in [9.17, 15) is 4.79 Å². The van der Waals surface area contributed by atoms with Gasteiger partial charge in [0.25, 0.3) is 0 Å². The molecule has 0 saturated heterocycles. The van der Waals surface area contributed by atoms with Gasteiger partial charge in [-0.15, -0.1) is 0 Å². The fourth-order valence-corrected chi connectivity index (χ4v) is 3.04. The van der Waals surface area contributed by atoms with Crippen LogP contribution < -0.4 is 29.6 Å². The molecule has 0 aromatic rings. The minimum Gasteiger partial charge on any atom is -1.00 e. The normalized spacial score (nSPS) is 13.6. The molecule has 0 unspecified atom stereocenters. The summed E-state index contributed by atoms with van der Waals surface area (Å²) in [5.74, 6) is 0.420. The number of nitrogens with zero attached hydrogens (tertiary/aromatic N) is 2. The number of carboxylic acid groups (broad SMARTS) is 1. The third kappa shape index (κ3) is 13.7. The summed E-state index contributed by atoms with van der Waals surface area (Å²) in [6.07, 6.45) is 13.3. The Morgan fingerprint density at radius 3 is 2.40 bits per heavy atom. The summed E-state index contributed by atoms with van der Waals surface area (Å²) >= 11 is 0. The summed E-state index contributed by atoms with van der Waals surface area (Å²) in [4.78, 5) is 17.3. The molecule has 1 heterocycles. The molecule has 0 bridgehead atoms. The van der Waals surface area contributed by atoms with Crippen LogP contribution in [-0.4, -0.2) is 54.7 Å². The molecular formula is C19H37N2NaO3. The van der Waals surface area contributed by atoms with Crippen molar-refractivity contribution >= 4 is 11.8 Å². The average molecular weight is 365 g/mol. The Bertz CT molecular complexity index is 371. The number of carbonyl (C=O) groups is 1. The summed E-state index contributed by atoms with van der Waals surface area (Å²) in [6, 6.07) is 0. The Balaban J connectivity index is 0. The Hall–Kier alpha value is -0.100. The van der Waals surface area contributed by atoms with Gasteiger partial charge in [-0.2, -0.15) is 0 Å². The second-order valence-electron chi connectivity index (χ2n) is 6.62. The molecule has 0 spiro atoms. The number of aliphatic imine (C=N–C) groups is 1. The quantitative estimate of drug-likeness (QED) is 0.331. The van der Waals surface area contributed by atoms with Crippen LogP contribution in [0, 0.1) is 0 Å². The molecule has 0 aromatic carbocycles. The van der Waals surface area contributed by atoms with Gasteiger partial charge in [-0.25, -0.2) is 0 Å². The maximum Gasteiger partial charge on any atom is 1.00 e. The number of rotatable bonds is 16. The van der Waals surface area contributed by atoms with Crippen molar-refractivity contribution < 1.29 is 45.6 Å². The second-order valence-corrected chi connectivity index (χ2v) is 6.62. The average Bonchev–Trinajstić information content (AvgIpc) is 3.00. The van der Waals surface area contributed by atoms with E-state index in [0.717, 1.165) is 26.1 Å². The summed E-state index contributed by atoms with van der Waals surface area (Å²) in [6.45, 7) is 5.85. The van der Waals surface area contributed by atoms with Crippen molar-refractivity contribution in [3.8, 4) is 0 Å². The molecule has 6 heteroatoms. The van der Waals surface area contributed by atoms with E-state index >= 15 is 0 Å². The first-order chi connectivity index (χ1) is 11.7. The van der Waals surface area contributed by atoms with Gasteiger partial charge in [0.2, 0.25) is 0 Å². The van der Waals surface area contributed by atoms with Gasteiger partial charge in [0, 0.05) is 19.5 Å². The standard InChI is InChI=1S/C19H36N2O3.Na.H/c1-2-3-4-5-6-7-8-9-10-11-18-20-13-14-21(18)15-17-24-16-12-19(22)23;;/h2-17H2,1H3,(H,22,23);;/q;+1;-1. The zero-order chi connectivity index (χ0) is 17.5. The van der Waals surface area contributed by atoms with E-state index in [1.807, 2.05) is 0 Å². The van der Waals surface area contributed by atoms with Crippen molar-refractivity contribution in [2.45, 2.75) is 77.6 Å². The zero-order valence-corrected chi connectivity index (χ0v) is 18.5.